The molecule has 1 aromatic rings. The lowest BCUT2D eigenvalue weighted by Gasteiger charge is -2.43. The zero-order valence-corrected chi connectivity index (χ0v) is 16.4. The molecule has 0 aliphatic carbocycles. The van der Waals surface area contributed by atoms with Crippen LogP contribution in [0.4, 0.5) is 5.95 Å². The van der Waals surface area contributed by atoms with Crippen molar-refractivity contribution >= 4 is 5.95 Å². The maximum absolute atomic E-state index is 4.46. The summed E-state index contributed by atoms with van der Waals surface area (Å²) in [5.74, 6) is 0.878. The van der Waals surface area contributed by atoms with Crippen LogP contribution in [0.25, 0.3) is 0 Å². The molecule has 3 heterocycles. The fourth-order valence-electron chi connectivity index (χ4n) is 3.65. The summed E-state index contributed by atoms with van der Waals surface area (Å²) in [6, 6.07) is 0. The maximum atomic E-state index is 4.46. The third kappa shape index (κ3) is 5.12. The number of anilines is 1. The van der Waals surface area contributed by atoms with E-state index < -0.39 is 0 Å². The Bertz CT molecular complexity index is 522. The Morgan fingerprint density at radius 3 is 1.76 bits per heavy atom. The number of hydrogen-bond acceptors (Lipinski definition) is 6. The van der Waals surface area contributed by atoms with Gasteiger partial charge in [-0.15, -0.1) is 0 Å². The first-order valence-electron chi connectivity index (χ1n) is 9.65. The quantitative estimate of drug-likeness (QED) is 0.819. The lowest BCUT2D eigenvalue weighted by molar-refractivity contribution is 0.0571. The van der Waals surface area contributed by atoms with Gasteiger partial charge in [0.05, 0.1) is 0 Å². The Kier molecular flexibility index (Phi) is 5.92. The molecule has 3 rings (SSSR count). The highest BCUT2D eigenvalue weighted by Gasteiger charge is 2.26. The first-order valence-corrected chi connectivity index (χ1v) is 9.65. The molecule has 6 heteroatoms. The fraction of sp³-hybridized carbons (Fsp3) is 0.789. The largest absolute Gasteiger partial charge is 0.338 e. The van der Waals surface area contributed by atoms with Crippen LogP contribution in [0.15, 0.2) is 12.4 Å². The highest BCUT2D eigenvalue weighted by Crippen LogP contribution is 2.16. The van der Waals surface area contributed by atoms with E-state index in [1.54, 1.807) is 0 Å². The molecule has 25 heavy (non-hydrogen) atoms. The number of aryl methyl sites for hydroxylation is 1. The van der Waals surface area contributed by atoms with E-state index in [9.17, 15) is 0 Å². The Hall–Kier alpha value is -1.24. The van der Waals surface area contributed by atoms with Gasteiger partial charge in [0, 0.05) is 83.4 Å². The molecule has 0 radical (unpaired) electrons. The molecule has 0 N–H and O–H groups in total. The summed E-state index contributed by atoms with van der Waals surface area (Å²) in [5, 5.41) is 0. The number of hydrogen-bond donors (Lipinski definition) is 0. The smallest absolute Gasteiger partial charge is 0.225 e. The van der Waals surface area contributed by atoms with Crippen molar-refractivity contribution in [1.29, 1.82) is 0 Å². The molecule has 2 aliphatic heterocycles. The summed E-state index contributed by atoms with van der Waals surface area (Å²) in [5.41, 5.74) is 1.43. The van der Waals surface area contributed by atoms with Gasteiger partial charge in [-0.2, -0.15) is 0 Å². The summed E-state index contributed by atoms with van der Waals surface area (Å²) in [6.07, 6.45) is 3.82. The average Bonchev–Trinajstić information content (AvgIpc) is 2.61. The maximum Gasteiger partial charge on any atom is 0.225 e. The van der Waals surface area contributed by atoms with Gasteiger partial charge in [-0.05, 0) is 33.3 Å². The molecule has 0 atom stereocenters. The molecule has 2 fully saturated rings. The van der Waals surface area contributed by atoms with Gasteiger partial charge in [-0.25, -0.2) is 9.97 Å². The Labute approximate surface area is 152 Å². The molecule has 0 spiro atoms. The second-order valence-corrected chi connectivity index (χ2v) is 8.39. The van der Waals surface area contributed by atoms with Crippen LogP contribution >= 0.6 is 0 Å². The Balaban J connectivity index is 1.36. The van der Waals surface area contributed by atoms with E-state index >= 15 is 0 Å². The molecule has 0 saturated carbocycles. The van der Waals surface area contributed by atoms with E-state index in [-0.39, 0.29) is 0 Å². The monoisotopic (exact) mass is 346 g/mol. The summed E-state index contributed by atoms with van der Waals surface area (Å²) in [7, 11) is 0. The molecular formula is C19H34N6. The molecule has 2 aliphatic rings. The van der Waals surface area contributed by atoms with Gasteiger partial charge in [0.2, 0.25) is 5.95 Å². The lowest BCUT2D eigenvalue weighted by Crippen LogP contribution is -2.55. The lowest BCUT2D eigenvalue weighted by atomic mass is 10.1. The fourth-order valence-corrected chi connectivity index (χ4v) is 3.65. The van der Waals surface area contributed by atoms with Gasteiger partial charge < -0.3 is 4.90 Å². The van der Waals surface area contributed by atoms with E-state index in [2.05, 4.69) is 50.3 Å². The van der Waals surface area contributed by atoms with E-state index in [1.165, 1.54) is 39.3 Å². The summed E-state index contributed by atoms with van der Waals surface area (Å²) >= 11 is 0. The van der Waals surface area contributed by atoms with Crippen molar-refractivity contribution in [2.75, 3.05) is 70.3 Å². The van der Waals surface area contributed by atoms with Crippen molar-refractivity contribution in [3.8, 4) is 0 Å². The first kappa shape index (κ1) is 18.5. The summed E-state index contributed by atoms with van der Waals surface area (Å²) < 4.78 is 0. The van der Waals surface area contributed by atoms with E-state index in [4.69, 9.17) is 0 Å². The molecular weight excluding hydrogens is 312 g/mol. The number of piperazine rings is 2. The molecule has 0 unspecified atom stereocenters. The van der Waals surface area contributed by atoms with Crippen molar-refractivity contribution in [3.05, 3.63) is 18.0 Å². The van der Waals surface area contributed by atoms with E-state index in [0.717, 1.165) is 37.7 Å². The van der Waals surface area contributed by atoms with Crippen LogP contribution in [0.5, 0.6) is 0 Å². The zero-order valence-electron chi connectivity index (χ0n) is 16.4. The minimum Gasteiger partial charge on any atom is -0.338 e. The standard InChI is InChI=1S/C19H34N6/c1-17-15-20-18(21-16-17)24-11-7-22(8-12-24)5-6-23-9-13-25(14-10-23)19(2,3)4/h15-16H,5-14H2,1-4H3. The second-order valence-electron chi connectivity index (χ2n) is 8.39. The third-order valence-corrected chi connectivity index (χ3v) is 5.48. The molecule has 6 nitrogen and oxygen atoms in total. The summed E-state index contributed by atoms with van der Waals surface area (Å²) in [6.45, 7) is 20.4. The van der Waals surface area contributed by atoms with E-state index in [0.29, 0.717) is 5.54 Å². The molecule has 0 aromatic carbocycles. The van der Waals surface area contributed by atoms with Crippen LogP contribution in [0.2, 0.25) is 0 Å². The Morgan fingerprint density at radius 2 is 1.28 bits per heavy atom. The van der Waals surface area contributed by atoms with E-state index in [1.807, 2.05) is 19.3 Å². The van der Waals surface area contributed by atoms with Crippen LogP contribution < -0.4 is 4.90 Å². The predicted octanol–water partition coefficient (Wildman–Crippen LogP) is 1.32. The number of aromatic nitrogens is 2. The van der Waals surface area contributed by atoms with Gasteiger partial charge in [0.1, 0.15) is 0 Å². The number of rotatable bonds is 4. The zero-order chi connectivity index (χ0) is 17.9. The minimum atomic E-state index is 0.306. The predicted molar refractivity (Wildman–Crippen MR) is 103 cm³/mol. The first-order chi connectivity index (χ1) is 11.9. The van der Waals surface area contributed by atoms with Gasteiger partial charge in [0.15, 0.2) is 0 Å². The Morgan fingerprint density at radius 1 is 0.800 bits per heavy atom. The molecule has 0 bridgehead atoms. The van der Waals surface area contributed by atoms with Crippen molar-refractivity contribution < 1.29 is 0 Å². The van der Waals surface area contributed by atoms with Crippen molar-refractivity contribution in [3.63, 3.8) is 0 Å². The summed E-state index contributed by atoms with van der Waals surface area (Å²) in [4.78, 5) is 19.0. The number of nitrogens with zero attached hydrogens (tertiary/aromatic N) is 6. The van der Waals surface area contributed by atoms with Gasteiger partial charge in [-0.3, -0.25) is 14.7 Å². The van der Waals surface area contributed by atoms with Gasteiger partial charge >= 0.3 is 0 Å². The average molecular weight is 347 g/mol. The van der Waals surface area contributed by atoms with Gasteiger partial charge in [0.25, 0.3) is 0 Å². The topological polar surface area (TPSA) is 38.7 Å². The third-order valence-electron chi connectivity index (χ3n) is 5.48. The minimum absolute atomic E-state index is 0.306. The SMILES string of the molecule is Cc1cnc(N2CCN(CCN3CCN(C(C)(C)C)CC3)CC2)nc1. The van der Waals surface area contributed by atoms with Crippen LogP contribution in [-0.2, 0) is 0 Å². The normalized spacial score (nSPS) is 21.7. The molecule has 0 amide bonds. The van der Waals surface area contributed by atoms with Crippen LogP contribution in [0, 0.1) is 6.92 Å². The highest BCUT2D eigenvalue weighted by molar-refractivity contribution is 5.30. The molecule has 140 valence electrons. The molecule has 1 aromatic heterocycles. The van der Waals surface area contributed by atoms with Gasteiger partial charge in [-0.1, -0.05) is 0 Å². The second kappa shape index (κ2) is 7.98. The highest BCUT2D eigenvalue weighted by atomic mass is 15.3. The van der Waals surface area contributed by atoms with Crippen molar-refractivity contribution in [2.45, 2.75) is 33.2 Å². The van der Waals surface area contributed by atoms with Crippen LogP contribution in [-0.4, -0.2) is 95.7 Å². The van der Waals surface area contributed by atoms with Crippen molar-refractivity contribution in [1.82, 2.24) is 24.7 Å². The molecule has 2 saturated heterocycles. The van der Waals surface area contributed by atoms with Crippen LogP contribution in [0.1, 0.15) is 26.3 Å². The van der Waals surface area contributed by atoms with Crippen LogP contribution in [0.3, 0.4) is 0 Å². The van der Waals surface area contributed by atoms with Crippen molar-refractivity contribution in [2.24, 2.45) is 0 Å².